The molecule has 0 saturated carbocycles. The SMILES string of the molecule is NCC1Cc2cc(S(=O)(=O)N3CCCCC3)ccc2O1. The minimum Gasteiger partial charge on any atom is -0.488 e. The van der Waals surface area contributed by atoms with Crippen LogP contribution >= 0.6 is 0 Å². The van der Waals surface area contributed by atoms with Gasteiger partial charge in [-0.2, -0.15) is 4.31 Å². The molecule has 0 amide bonds. The number of nitrogens with two attached hydrogens (primary N) is 1. The van der Waals surface area contributed by atoms with E-state index in [1.807, 2.05) is 0 Å². The lowest BCUT2D eigenvalue weighted by molar-refractivity contribution is 0.241. The predicted molar refractivity (Wildman–Crippen MR) is 76.2 cm³/mol. The highest BCUT2D eigenvalue weighted by Crippen LogP contribution is 2.32. The number of nitrogens with zero attached hydrogens (tertiary/aromatic N) is 1. The summed E-state index contributed by atoms with van der Waals surface area (Å²) in [6, 6.07) is 5.14. The van der Waals surface area contributed by atoms with Gasteiger partial charge in [-0.05, 0) is 36.6 Å². The van der Waals surface area contributed by atoms with Gasteiger partial charge in [-0.3, -0.25) is 0 Å². The van der Waals surface area contributed by atoms with E-state index < -0.39 is 10.0 Å². The number of hydrogen-bond donors (Lipinski definition) is 1. The van der Waals surface area contributed by atoms with Crippen molar-refractivity contribution < 1.29 is 13.2 Å². The fourth-order valence-corrected chi connectivity index (χ4v) is 4.41. The van der Waals surface area contributed by atoms with Crippen LogP contribution in [0.15, 0.2) is 23.1 Å². The van der Waals surface area contributed by atoms with Gasteiger partial charge in [0.2, 0.25) is 10.0 Å². The molecule has 0 aromatic heterocycles. The van der Waals surface area contributed by atoms with Crippen LogP contribution in [-0.2, 0) is 16.4 Å². The van der Waals surface area contributed by atoms with Gasteiger partial charge < -0.3 is 10.5 Å². The first-order chi connectivity index (χ1) is 9.61. The van der Waals surface area contributed by atoms with Crippen molar-refractivity contribution in [2.75, 3.05) is 19.6 Å². The van der Waals surface area contributed by atoms with Crippen molar-refractivity contribution in [1.29, 1.82) is 0 Å². The molecule has 2 aliphatic rings. The molecule has 2 aliphatic heterocycles. The van der Waals surface area contributed by atoms with Crippen molar-refractivity contribution in [3.8, 4) is 5.75 Å². The number of fused-ring (bicyclic) bond motifs is 1. The Hall–Kier alpha value is -1.11. The van der Waals surface area contributed by atoms with Crippen molar-refractivity contribution in [1.82, 2.24) is 4.31 Å². The third-order valence-corrected chi connectivity index (χ3v) is 5.88. The monoisotopic (exact) mass is 296 g/mol. The molecule has 3 rings (SSSR count). The van der Waals surface area contributed by atoms with E-state index in [1.54, 1.807) is 22.5 Å². The number of piperidine rings is 1. The summed E-state index contributed by atoms with van der Waals surface area (Å²) in [6.07, 6.45) is 3.67. The van der Waals surface area contributed by atoms with Crippen LogP contribution in [0, 0.1) is 0 Å². The molecule has 0 radical (unpaired) electrons. The number of benzene rings is 1. The van der Waals surface area contributed by atoms with E-state index in [1.165, 1.54) is 0 Å². The third kappa shape index (κ3) is 2.43. The van der Waals surface area contributed by atoms with Crippen molar-refractivity contribution in [3.63, 3.8) is 0 Å². The number of rotatable bonds is 3. The summed E-state index contributed by atoms with van der Waals surface area (Å²) in [5.74, 6) is 0.762. The first-order valence-corrected chi connectivity index (χ1v) is 8.55. The Morgan fingerprint density at radius 2 is 2.00 bits per heavy atom. The quantitative estimate of drug-likeness (QED) is 0.907. The second kappa shape index (κ2) is 5.35. The van der Waals surface area contributed by atoms with Gasteiger partial charge in [-0.15, -0.1) is 0 Å². The van der Waals surface area contributed by atoms with Crippen LogP contribution in [0.3, 0.4) is 0 Å². The van der Waals surface area contributed by atoms with Crippen molar-refractivity contribution >= 4 is 10.0 Å². The summed E-state index contributed by atoms with van der Waals surface area (Å²) in [7, 11) is -3.36. The van der Waals surface area contributed by atoms with Gasteiger partial charge in [-0.1, -0.05) is 6.42 Å². The van der Waals surface area contributed by atoms with E-state index in [4.69, 9.17) is 10.5 Å². The molecular weight excluding hydrogens is 276 g/mol. The van der Waals surface area contributed by atoms with Gasteiger partial charge in [0.05, 0.1) is 4.90 Å². The Bertz CT molecular complexity index is 594. The number of ether oxygens (including phenoxy) is 1. The molecule has 20 heavy (non-hydrogen) atoms. The standard InChI is InChI=1S/C14H20N2O3S/c15-10-12-8-11-9-13(4-5-14(11)19-12)20(17,18)16-6-2-1-3-7-16/h4-5,9,12H,1-3,6-8,10,15H2. The minimum absolute atomic E-state index is 0.0297. The van der Waals surface area contributed by atoms with E-state index in [0.29, 0.717) is 31.0 Å². The fourth-order valence-electron chi connectivity index (χ4n) is 2.84. The molecule has 1 saturated heterocycles. The number of sulfonamides is 1. The molecule has 1 unspecified atom stereocenters. The zero-order chi connectivity index (χ0) is 14.2. The Morgan fingerprint density at radius 1 is 1.25 bits per heavy atom. The van der Waals surface area contributed by atoms with Crippen molar-refractivity contribution in [2.45, 2.75) is 36.7 Å². The maximum atomic E-state index is 12.6. The molecule has 2 heterocycles. The highest BCUT2D eigenvalue weighted by Gasteiger charge is 2.29. The first kappa shape index (κ1) is 13.9. The molecule has 110 valence electrons. The maximum Gasteiger partial charge on any atom is 0.243 e. The molecule has 1 fully saturated rings. The second-order valence-electron chi connectivity index (χ2n) is 5.41. The summed E-state index contributed by atoms with van der Waals surface area (Å²) in [6.45, 7) is 1.70. The fraction of sp³-hybridized carbons (Fsp3) is 0.571. The van der Waals surface area contributed by atoms with E-state index in [9.17, 15) is 8.42 Å². The van der Waals surface area contributed by atoms with Crippen LogP contribution in [0.4, 0.5) is 0 Å². The highest BCUT2D eigenvalue weighted by atomic mass is 32.2. The summed E-state index contributed by atoms with van der Waals surface area (Å²) in [5, 5.41) is 0. The Kier molecular flexibility index (Phi) is 3.70. The Balaban J connectivity index is 1.88. The summed E-state index contributed by atoms with van der Waals surface area (Å²) in [5.41, 5.74) is 6.55. The van der Waals surface area contributed by atoms with Crippen LogP contribution < -0.4 is 10.5 Å². The molecule has 5 nitrogen and oxygen atoms in total. The van der Waals surface area contributed by atoms with E-state index in [0.717, 1.165) is 30.6 Å². The van der Waals surface area contributed by atoms with Crippen LogP contribution in [0.25, 0.3) is 0 Å². The average Bonchev–Trinajstić information content (AvgIpc) is 2.90. The van der Waals surface area contributed by atoms with E-state index in [2.05, 4.69) is 0 Å². The molecule has 0 spiro atoms. The van der Waals surface area contributed by atoms with Crippen LogP contribution in [0.5, 0.6) is 5.75 Å². The van der Waals surface area contributed by atoms with Gasteiger partial charge in [0.25, 0.3) is 0 Å². The number of hydrogen-bond acceptors (Lipinski definition) is 4. The summed E-state index contributed by atoms with van der Waals surface area (Å²) in [4.78, 5) is 0.374. The normalized spacial score (nSPS) is 23.4. The van der Waals surface area contributed by atoms with Gasteiger partial charge in [0.15, 0.2) is 0 Å². The van der Waals surface area contributed by atoms with Gasteiger partial charge in [0.1, 0.15) is 11.9 Å². The topological polar surface area (TPSA) is 72.6 Å². The summed E-state index contributed by atoms with van der Waals surface area (Å²) < 4.78 is 32.4. The first-order valence-electron chi connectivity index (χ1n) is 7.11. The highest BCUT2D eigenvalue weighted by molar-refractivity contribution is 7.89. The average molecular weight is 296 g/mol. The minimum atomic E-state index is -3.36. The smallest absolute Gasteiger partial charge is 0.243 e. The predicted octanol–water partition coefficient (Wildman–Crippen LogP) is 1.12. The van der Waals surface area contributed by atoms with Gasteiger partial charge in [0, 0.05) is 26.1 Å². The maximum absolute atomic E-state index is 12.6. The van der Waals surface area contributed by atoms with Crippen LogP contribution in [-0.4, -0.2) is 38.5 Å². The lowest BCUT2D eigenvalue weighted by Gasteiger charge is -2.26. The Morgan fingerprint density at radius 3 is 2.70 bits per heavy atom. The van der Waals surface area contributed by atoms with E-state index >= 15 is 0 Å². The van der Waals surface area contributed by atoms with Crippen LogP contribution in [0.2, 0.25) is 0 Å². The molecule has 6 heteroatoms. The van der Waals surface area contributed by atoms with Crippen molar-refractivity contribution in [3.05, 3.63) is 23.8 Å². The lowest BCUT2D eigenvalue weighted by atomic mass is 10.1. The Labute approximate surface area is 119 Å². The van der Waals surface area contributed by atoms with Gasteiger partial charge in [-0.25, -0.2) is 8.42 Å². The molecular formula is C14H20N2O3S. The molecule has 1 aromatic carbocycles. The van der Waals surface area contributed by atoms with Crippen LogP contribution in [0.1, 0.15) is 24.8 Å². The van der Waals surface area contributed by atoms with Crippen molar-refractivity contribution in [2.24, 2.45) is 5.73 Å². The zero-order valence-corrected chi connectivity index (χ0v) is 12.2. The van der Waals surface area contributed by atoms with E-state index in [-0.39, 0.29) is 6.10 Å². The largest absolute Gasteiger partial charge is 0.488 e. The lowest BCUT2D eigenvalue weighted by Crippen LogP contribution is -2.35. The zero-order valence-electron chi connectivity index (χ0n) is 11.4. The molecule has 1 atom stereocenters. The molecule has 0 aliphatic carbocycles. The second-order valence-corrected chi connectivity index (χ2v) is 7.35. The third-order valence-electron chi connectivity index (χ3n) is 3.99. The summed E-state index contributed by atoms with van der Waals surface area (Å²) >= 11 is 0. The molecule has 2 N–H and O–H groups in total. The molecule has 0 bridgehead atoms. The van der Waals surface area contributed by atoms with Gasteiger partial charge >= 0.3 is 0 Å². The molecule has 1 aromatic rings.